The van der Waals surface area contributed by atoms with Crippen molar-refractivity contribution in [3.8, 4) is 5.82 Å². The normalized spacial score (nSPS) is 12.4. The molecule has 0 atom stereocenters. The minimum Gasteiger partial charge on any atom is -0.245 e. The highest BCUT2D eigenvalue weighted by Gasteiger charge is 2.17. The molecule has 1 aliphatic rings. The molecule has 0 spiro atoms. The number of aryl methyl sites for hydroxylation is 2. The number of rotatable bonds is 1. The van der Waals surface area contributed by atoms with Gasteiger partial charge in [0.25, 0.3) is 0 Å². The molecule has 23 heavy (non-hydrogen) atoms. The minimum absolute atomic E-state index is 0.537. The van der Waals surface area contributed by atoms with Gasteiger partial charge in [0, 0.05) is 10.7 Å². The van der Waals surface area contributed by atoms with Crippen LogP contribution in [0.5, 0.6) is 0 Å². The van der Waals surface area contributed by atoms with Gasteiger partial charge in [0.15, 0.2) is 5.82 Å². The maximum atomic E-state index is 5.66. The summed E-state index contributed by atoms with van der Waals surface area (Å²) in [6, 6.07) is 13.4. The van der Waals surface area contributed by atoms with Gasteiger partial charge in [-0.1, -0.05) is 41.4 Å². The van der Waals surface area contributed by atoms with Crippen LogP contribution in [-0.4, -0.2) is 22.6 Å². The van der Waals surface area contributed by atoms with Gasteiger partial charge >= 0.3 is 0 Å². The molecule has 2 radical (unpaired) electrons. The van der Waals surface area contributed by atoms with Crippen LogP contribution in [0.15, 0.2) is 48.7 Å². The molecule has 5 heteroatoms. The highest BCUT2D eigenvalue weighted by molar-refractivity contribution is 6.30. The summed E-state index contributed by atoms with van der Waals surface area (Å²) in [5.41, 5.74) is 4.41. The fourth-order valence-corrected chi connectivity index (χ4v) is 2.74. The summed E-state index contributed by atoms with van der Waals surface area (Å²) in [4.78, 5) is 4.27. The number of fused-ring (bicyclic) bond motifs is 1. The van der Waals surface area contributed by atoms with Crippen LogP contribution in [-0.2, 0) is 12.8 Å². The average molecular weight is 322 g/mol. The predicted octanol–water partition coefficient (Wildman–Crippen LogP) is 3.20. The zero-order valence-corrected chi connectivity index (χ0v) is 13.8. The van der Waals surface area contributed by atoms with Crippen LogP contribution in [0.25, 0.3) is 5.82 Å². The average Bonchev–Trinajstić information content (AvgIpc) is 3.14. The minimum atomic E-state index is 0.537. The molecule has 0 N–H and O–H groups in total. The van der Waals surface area contributed by atoms with Crippen LogP contribution in [0.2, 0.25) is 5.02 Å². The van der Waals surface area contributed by atoms with E-state index < -0.39 is 0 Å². The Morgan fingerprint density at radius 2 is 1.87 bits per heavy atom. The van der Waals surface area contributed by atoms with E-state index in [9.17, 15) is 0 Å². The molecule has 0 amide bonds. The van der Waals surface area contributed by atoms with Crippen molar-refractivity contribution in [1.29, 1.82) is 0 Å². The third-order valence-electron chi connectivity index (χ3n) is 3.80. The number of hydrogen-bond acceptors (Lipinski definition) is 2. The summed E-state index contributed by atoms with van der Waals surface area (Å²) in [6.07, 6.45) is 5.38. The molecule has 0 unspecified atom stereocenters. The smallest absolute Gasteiger partial charge is 0.152 e. The summed E-state index contributed by atoms with van der Waals surface area (Å²) in [5, 5.41) is 5.15. The van der Waals surface area contributed by atoms with E-state index in [0.717, 1.165) is 23.7 Å². The topological polar surface area (TPSA) is 30.7 Å². The van der Waals surface area contributed by atoms with Crippen molar-refractivity contribution in [3.63, 3.8) is 0 Å². The highest BCUT2D eigenvalue weighted by Crippen LogP contribution is 2.22. The van der Waals surface area contributed by atoms with E-state index in [1.54, 1.807) is 6.07 Å². The fraction of sp³-hybridized carbons (Fsp3) is 0.222. The van der Waals surface area contributed by atoms with Gasteiger partial charge in [-0.25, -0.2) is 9.67 Å². The molecule has 114 valence electrons. The van der Waals surface area contributed by atoms with Gasteiger partial charge in [0.05, 0.1) is 6.20 Å². The third-order valence-corrected chi connectivity index (χ3v) is 4.05. The van der Waals surface area contributed by atoms with E-state index in [-0.39, 0.29) is 0 Å². The standard InChI is InChI=1S/C11H10BN3.C7H7Cl/c12-10-5-2-6-11(14-10)15-9-4-1-3-8(9)7-13-15;1-6-2-4-7(8)5-3-6/h2,5-7H,1,3-4H2;2-5H,1H3. The van der Waals surface area contributed by atoms with Crippen LogP contribution in [0.4, 0.5) is 0 Å². The summed E-state index contributed by atoms with van der Waals surface area (Å²) in [5.74, 6) is 0.818. The van der Waals surface area contributed by atoms with Crippen LogP contribution in [0.1, 0.15) is 23.2 Å². The van der Waals surface area contributed by atoms with Crippen molar-refractivity contribution in [2.45, 2.75) is 26.2 Å². The van der Waals surface area contributed by atoms with Gasteiger partial charge < -0.3 is 0 Å². The van der Waals surface area contributed by atoms with Gasteiger partial charge in [-0.15, -0.1) is 0 Å². The number of nitrogens with zero attached hydrogens (tertiary/aromatic N) is 3. The highest BCUT2D eigenvalue weighted by atomic mass is 35.5. The van der Waals surface area contributed by atoms with E-state index in [1.807, 2.05) is 54.2 Å². The quantitative estimate of drug-likeness (QED) is 0.644. The lowest BCUT2D eigenvalue weighted by Gasteiger charge is -2.04. The van der Waals surface area contributed by atoms with E-state index in [1.165, 1.54) is 23.2 Å². The Morgan fingerprint density at radius 3 is 2.57 bits per heavy atom. The maximum absolute atomic E-state index is 5.66. The molecule has 1 aliphatic carbocycles. The largest absolute Gasteiger partial charge is 0.245 e. The molecule has 2 heterocycles. The van der Waals surface area contributed by atoms with Gasteiger partial charge in [-0.3, -0.25) is 0 Å². The van der Waals surface area contributed by atoms with Crippen molar-refractivity contribution in [2.24, 2.45) is 0 Å². The summed E-state index contributed by atoms with van der Waals surface area (Å²) >= 11 is 5.61. The molecule has 4 rings (SSSR count). The third kappa shape index (κ3) is 3.83. The van der Waals surface area contributed by atoms with Crippen molar-refractivity contribution in [1.82, 2.24) is 14.8 Å². The second-order valence-electron chi connectivity index (χ2n) is 5.60. The first-order valence-electron chi connectivity index (χ1n) is 7.64. The van der Waals surface area contributed by atoms with Gasteiger partial charge in [-0.2, -0.15) is 5.10 Å². The molecule has 0 bridgehead atoms. The Bertz CT molecular complexity index is 775. The molecule has 1 aromatic carbocycles. The molecule has 0 saturated heterocycles. The lowest BCUT2D eigenvalue weighted by molar-refractivity contribution is 0.769. The summed E-state index contributed by atoms with van der Waals surface area (Å²) in [7, 11) is 5.66. The van der Waals surface area contributed by atoms with Gasteiger partial charge in [0.1, 0.15) is 7.85 Å². The molecule has 0 saturated carbocycles. The molecule has 2 aromatic heterocycles. The Kier molecular flexibility index (Phi) is 4.82. The first kappa shape index (κ1) is 15.8. The van der Waals surface area contributed by atoms with Crippen LogP contribution in [0, 0.1) is 6.92 Å². The summed E-state index contributed by atoms with van der Waals surface area (Å²) < 4.78 is 1.90. The molecule has 3 aromatic rings. The zero-order chi connectivity index (χ0) is 16.2. The Labute approximate surface area is 142 Å². The lowest BCUT2D eigenvalue weighted by Crippen LogP contribution is -2.12. The monoisotopic (exact) mass is 321 g/mol. The van der Waals surface area contributed by atoms with Crippen LogP contribution < -0.4 is 5.59 Å². The lowest BCUT2D eigenvalue weighted by atomic mass is 10.0. The van der Waals surface area contributed by atoms with Crippen molar-refractivity contribution < 1.29 is 0 Å². The Morgan fingerprint density at radius 1 is 1.09 bits per heavy atom. The van der Waals surface area contributed by atoms with E-state index in [0.29, 0.717) is 5.59 Å². The number of pyridine rings is 1. The summed E-state index contributed by atoms with van der Waals surface area (Å²) in [6.45, 7) is 2.04. The molecule has 3 nitrogen and oxygen atoms in total. The van der Waals surface area contributed by atoms with E-state index >= 15 is 0 Å². The number of aromatic nitrogens is 3. The second-order valence-corrected chi connectivity index (χ2v) is 6.03. The Hall–Kier alpha value is -2.07. The molecular weight excluding hydrogens is 304 g/mol. The van der Waals surface area contributed by atoms with E-state index in [2.05, 4.69) is 10.1 Å². The first-order valence-corrected chi connectivity index (χ1v) is 8.02. The van der Waals surface area contributed by atoms with Crippen molar-refractivity contribution >= 4 is 25.0 Å². The van der Waals surface area contributed by atoms with Crippen molar-refractivity contribution in [3.05, 3.63) is 70.5 Å². The van der Waals surface area contributed by atoms with Crippen LogP contribution >= 0.6 is 11.6 Å². The molecule has 0 aliphatic heterocycles. The number of hydrogen-bond donors (Lipinski definition) is 0. The van der Waals surface area contributed by atoms with Gasteiger partial charge in [-0.05, 0) is 55.5 Å². The fourth-order valence-electron chi connectivity index (χ4n) is 2.62. The van der Waals surface area contributed by atoms with Gasteiger partial charge in [0.2, 0.25) is 0 Å². The number of benzene rings is 1. The second kappa shape index (κ2) is 7.01. The zero-order valence-electron chi connectivity index (χ0n) is 13.0. The predicted molar refractivity (Wildman–Crippen MR) is 95.0 cm³/mol. The number of halogens is 1. The molecule has 0 fully saturated rings. The molecular formula is C18H17BClN3. The maximum Gasteiger partial charge on any atom is 0.152 e. The SMILES string of the molecule is Cc1ccc(Cl)cc1.[B]c1cccc(-n2ncc3c2CCC3)n1. The first-order chi connectivity index (χ1) is 11.1. The van der Waals surface area contributed by atoms with Crippen LogP contribution in [0.3, 0.4) is 0 Å². The Balaban J connectivity index is 0.000000166. The van der Waals surface area contributed by atoms with Crippen molar-refractivity contribution in [2.75, 3.05) is 0 Å². The van der Waals surface area contributed by atoms with E-state index in [4.69, 9.17) is 19.4 Å².